The highest BCUT2D eigenvalue weighted by atomic mass is 16.1. The van der Waals surface area contributed by atoms with Gasteiger partial charge in [-0.15, -0.1) is 0 Å². The quantitative estimate of drug-likeness (QED) is 0.461. The van der Waals surface area contributed by atoms with Gasteiger partial charge in [0, 0.05) is 5.56 Å². The molecule has 0 N–H and O–H groups in total. The van der Waals surface area contributed by atoms with Crippen LogP contribution >= 0.6 is 0 Å². The molecular weight excluding hydrogens is 138 g/mol. The van der Waals surface area contributed by atoms with Crippen molar-refractivity contribution in [3.05, 3.63) is 36.4 Å². The summed E-state index contributed by atoms with van der Waals surface area (Å²) in [7, 11) is 0. The topological polar surface area (TPSA) is 29.4 Å². The Bertz CT molecular complexity index is 311. The van der Waals surface area contributed by atoms with E-state index < -0.39 is 0 Å². The summed E-state index contributed by atoms with van der Waals surface area (Å²) < 4.78 is 0. The highest BCUT2D eigenvalue weighted by molar-refractivity contribution is 5.64. The van der Waals surface area contributed by atoms with E-state index in [2.05, 4.69) is 4.99 Å². The Balaban J connectivity index is 3.21. The molecule has 0 saturated carbocycles. The van der Waals surface area contributed by atoms with Crippen LogP contribution in [0.1, 0.15) is 5.56 Å². The second kappa shape index (κ2) is 3.49. The van der Waals surface area contributed by atoms with E-state index in [-0.39, 0.29) is 0 Å². The molecule has 53 valence electrons. The molecule has 0 bridgehead atoms. The second-order valence-corrected chi connectivity index (χ2v) is 1.93. The van der Waals surface area contributed by atoms with Crippen LogP contribution in [0.2, 0.25) is 0 Å². The van der Waals surface area contributed by atoms with Crippen LogP contribution in [0, 0.1) is 6.58 Å². The first kappa shape index (κ1) is 7.45. The van der Waals surface area contributed by atoms with E-state index in [0.717, 1.165) is 5.56 Å². The van der Waals surface area contributed by atoms with Gasteiger partial charge in [-0.25, -0.2) is 4.79 Å². The summed E-state index contributed by atoms with van der Waals surface area (Å²) in [6.45, 7) is 5.27. The van der Waals surface area contributed by atoms with Crippen LogP contribution in [0.5, 0.6) is 0 Å². The number of nitrogens with zero attached hydrogens (tertiary/aromatic N) is 1. The lowest BCUT2D eigenvalue weighted by molar-refractivity contribution is 0.565. The van der Waals surface area contributed by atoms with E-state index in [9.17, 15) is 4.79 Å². The number of hydrogen-bond acceptors (Lipinski definition) is 2. The van der Waals surface area contributed by atoms with Gasteiger partial charge in [0.2, 0.25) is 6.08 Å². The summed E-state index contributed by atoms with van der Waals surface area (Å²) in [5, 5.41) is 0. The molecule has 0 aliphatic heterocycles. The zero-order valence-electron chi connectivity index (χ0n) is 5.82. The largest absolute Gasteiger partial charge is 0.240 e. The van der Waals surface area contributed by atoms with Crippen molar-refractivity contribution < 1.29 is 4.79 Å². The Morgan fingerprint density at radius 1 is 1.45 bits per heavy atom. The van der Waals surface area contributed by atoms with Gasteiger partial charge in [-0.3, -0.25) is 0 Å². The van der Waals surface area contributed by atoms with E-state index in [0.29, 0.717) is 5.69 Å². The van der Waals surface area contributed by atoms with Crippen molar-refractivity contribution in [3.8, 4) is 0 Å². The molecule has 0 unspecified atom stereocenters. The van der Waals surface area contributed by atoms with Crippen LogP contribution in [0.4, 0.5) is 5.69 Å². The molecule has 0 amide bonds. The minimum absolute atomic E-state index is 0.546. The maximum Gasteiger partial charge on any atom is 0.240 e. The molecule has 2 nitrogen and oxygen atoms in total. The van der Waals surface area contributed by atoms with Gasteiger partial charge in [-0.05, 0) is 6.07 Å². The van der Waals surface area contributed by atoms with Crippen LogP contribution in [0.15, 0.2) is 29.3 Å². The number of rotatable bonds is 2. The van der Waals surface area contributed by atoms with Crippen LogP contribution in [0.3, 0.4) is 0 Å². The smallest absolute Gasteiger partial charge is 0.211 e. The van der Waals surface area contributed by atoms with Gasteiger partial charge in [0.05, 0.1) is 5.69 Å². The minimum Gasteiger partial charge on any atom is -0.211 e. The monoisotopic (exact) mass is 144 g/mol. The van der Waals surface area contributed by atoms with Crippen molar-refractivity contribution in [1.82, 2.24) is 0 Å². The van der Waals surface area contributed by atoms with Crippen molar-refractivity contribution >= 4 is 17.8 Å². The Morgan fingerprint density at radius 2 is 2.18 bits per heavy atom. The lowest BCUT2D eigenvalue weighted by Crippen LogP contribution is -1.71. The number of hydrogen-bond donors (Lipinski definition) is 0. The van der Waals surface area contributed by atoms with E-state index in [4.69, 9.17) is 6.58 Å². The van der Waals surface area contributed by atoms with E-state index in [1.54, 1.807) is 18.2 Å². The third kappa shape index (κ3) is 1.63. The third-order valence-corrected chi connectivity index (χ3v) is 1.28. The average molecular weight is 144 g/mol. The molecule has 1 aromatic rings. The van der Waals surface area contributed by atoms with Crippen LogP contribution < -0.4 is 0 Å². The maximum absolute atomic E-state index is 9.90. The molecule has 0 saturated heterocycles. The Hall–Kier alpha value is -1.66. The summed E-state index contributed by atoms with van der Waals surface area (Å²) in [4.78, 5) is 13.4. The summed E-state index contributed by atoms with van der Waals surface area (Å²) in [5.41, 5.74) is 1.28. The highest BCUT2D eigenvalue weighted by Gasteiger charge is 1.92. The summed E-state index contributed by atoms with van der Waals surface area (Å²) in [6, 6.07) is 7.07. The van der Waals surface area contributed by atoms with Crippen molar-refractivity contribution in [2.24, 2.45) is 4.99 Å². The Labute approximate surface area is 64.9 Å². The molecule has 0 atom stereocenters. The molecule has 2 heteroatoms. The molecule has 0 fully saturated rings. The number of carbonyl (C=O) groups excluding carboxylic acids is 1. The summed E-state index contributed by atoms with van der Waals surface area (Å²) in [5.74, 6) is 0. The Kier molecular flexibility index (Phi) is 2.37. The van der Waals surface area contributed by atoms with Gasteiger partial charge in [0.25, 0.3) is 0 Å². The van der Waals surface area contributed by atoms with Crippen LogP contribution in [0.25, 0.3) is 6.08 Å². The number of isocyanates is 1. The average Bonchev–Trinajstić information content (AvgIpc) is 2.06. The molecule has 1 rings (SSSR count). The van der Waals surface area contributed by atoms with E-state index in [1.165, 1.54) is 12.2 Å². The van der Waals surface area contributed by atoms with E-state index in [1.807, 2.05) is 6.07 Å². The normalized spacial score (nSPS) is 8.36. The molecule has 1 radical (unpaired) electrons. The van der Waals surface area contributed by atoms with Crippen molar-refractivity contribution in [1.29, 1.82) is 0 Å². The molecule has 0 aromatic heterocycles. The van der Waals surface area contributed by atoms with Gasteiger partial charge in [0.15, 0.2) is 0 Å². The zero-order chi connectivity index (χ0) is 8.10. The first-order valence-corrected chi connectivity index (χ1v) is 3.10. The third-order valence-electron chi connectivity index (χ3n) is 1.28. The van der Waals surface area contributed by atoms with Gasteiger partial charge >= 0.3 is 0 Å². The fraction of sp³-hybridized carbons (Fsp3) is 0. The molecule has 0 aliphatic carbocycles. The van der Waals surface area contributed by atoms with Crippen LogP contribution in [-0.2, 0) is 4.79 Å². The van der Waals surface area contributed by atoms with Gasteiger partial charge in [-0.1, -0.05) is 30.9 Å². The fourth-order valence-electron chi connectivity index (χ4n) is 0.779. The maximum atomic E-state index is 9.90. The lowest BCUT2D eigenvalue weighted by atomic mass is 10.2. The molecular formula is C9H6NO. The zero-order valence-corrected chi connectivity index (χ0v) is 5.82. The predicted octanol–water partition coefficient (Wildman–Crippen LogP) is 2.10. The molecule has 11 heavy (non-hydrogen) atoms. The molecule has 0 heterocycles. The summed E-state index contributed by atoms with van der Waals surface area (Å²) >= 11 is 0. The summed E-state index contributed by atoms with van der Waals surface area (Å²) in [6.07, 6.45) is 2.86. The standard InChI is InChI=1S/C9H6NO/c1-2-8-5-3-4-6-9(8)10-7-11/h1-6H. The van der Waals surface area contributed by atoms with Gasteiger partial charge in [-0.2, -0.15) is 4.99 Å². The number of benzene rings is 1. The van der Waals surface area contributed by atoms with Crippen molar-refractivity contribution in [3.63, 3.8) is 0 Å². The number of aliphatic imine (C=N–C) groups is 1. The minimum atomic E-state index is 0.546. The van der Waals surface area contributed by atoms with Crippen molar-refractivity contribution in [2.45, 2.75) is 0 Å². The SMILES string of the molecule is [CH]=Cc1ccccc1N=C=O. The lowest BCUT2D eigenvalue weighted by Gasteiger charge is -1.94. The van der Waals surface area contributed by atoms with Gasteiger partial charge < -0.3 is 0 Å². The predicted molar refractivity (Wildman–Crippen MR) is 43.0 cm³/mol. The molecule has 0 spiro atoms. The highest BCUT2D eigenvalue weighted by Crippen LogP contribution is 2.18. The van der Waals surface area contributed by atoms with Crippen molar-refractivity contribution in [2.75, 3.05) is 0 Å². The second-order valence-electron chi connectivity index (χ2n) is 1.93. The number of para-hydroxylation sites is 1. The fourth-order valence-corrected chi connectivity index (χ4v) is 0.779. The van der Waals surface area contributed by atoms with Gasteiger partial charge in [0.1, 0.15) is 0 Å². The first-order chi connectivity index (χ1) is 5.38. The first-order valence-electron chi connectivity index (χ1n) is 3.10. The van der Waals surface area contributed by atoms with E-state index >= 15 is 0 Å². The molecule has 1 aromatic carbocycles. The molecule has 0 aliphatic rings. The van der Waals surface area contributed by atoms with Crippen LogP contribution in [-0.4, -0.2) is 6.08 Å². The Morgan fingerprint density at radius 3 is 2.82 bits per heavy atom.